The molecule has 1 aliphatic rings. The Balaban J connectivity index is 1.81. The summed E-state index contributed by atoms with van der Waals surface area (Å²) in [4.78, 5) is 16.8. The van der Waals surface area contributed by atoms with E-state index in [9.17, 15) is 4.79 Å². The van der Waals surface area contributed by atoms with Gasteiger partial charge in [-0.05, 0) is 36.1 Å². The van der Waals surface area contributed by atoms with E-state index in [2.05, 4.69) is 22.8 Å². The Kier molecular flexibility index (Phi) is 5.76. The van der Waals surface area contributed by atoms with Crippen LogP contribution in [0.1, 0.15) is 23.8 Å². The topological polar surface area (TPSA) is 43.8 Å². The summed E-state index contributed by atoms with van der Waals surface area (Å²) in [6, 6.07) is 2.09. The molecule has 1 saturated heterocycles. The Bertz CT molecular complexity index is 462. The summed E-state index contributed by atoms with van der Waals surface area (Å²) in [5.74, 6) is -0.898. The highest BCUT2D eigenvalue weighted by atomic mass is 32.1. The van der Waals surface area contributed by atoms with Crippen LogP contribution >= 0.6 is 11.3 Å². The molecule has 0 bridgehead atoms. The van der Waals surface area contributed by atoms with Gasteiger partial charge < -0.3 is 10.0 Å². The Morgan fingerprint density at radius 1 is 1.35 bits per heavy atom. The van der Waals surface area contributed by atoms with E-state index in [1.54, 1.807) is 17.4 Å². The van der Waals surface area contributed by atoms with Crippen molar-refractivity contribution >= 4 is 23.4 Å². The second-order valence-electron chi connectivity index (χ2n) is 5.14. The lowest BCUT2D eigenvalue weighted by molar-refractivity contribution is -0.131. The number of carbonyl (C=O) groups is 1. The van der Waals surface area contributed by atoms with Gasteiger partial charge in [-0.2, -0.15) is 0 Å². The molecule has 20 heavy (non-hydrogen) atoms. The second kappa shape index (κ2) is 7.57. The van der Waals surface area contributed by atoms with E-state index in [-0.39, 0.29) is 0 Å². The third-order valence-electron chi connectivity index (χ3n) is 3.48. The van der Waals surface area contributed by atoms with Gasteiger partial charge in [-0.1, -0.05) is 6.92 Å². The molecule has 1 N–H and O–H groups in total. The molecule has 5 heteroatoms. The molecule has 0 aliphatic carbocycles. The maximum Gasteiger partial charge on any atom is 0.328 e. The van der Waals surface area contributed by atoms with E-state index in [0.29, 0.717) is 0 Å². The van der Waals surface area contributed by atoms with Gasteiger partial charge in [0.1, 0.15) is 0 Å². The van der Waals surface area contributed by atoms with Crippen LogP contribution in [0.25, 0.3) is 6.08 Å². The zero-order valence-corrected chi connectivity index (χ0v) is 12.7. The van der Waals surface area contributed by atoms with E-state index in [0.717, 1.165) is 38.3 Å². The van der Waals surface area contributed by atoms with Crippen LogP contribution in [0.2, 0.25) is 0 Å². The molecule has 1 aromatic rings. The summed E-state index contributed by atoms with van der Waals surface area (Å²) in [5, 5.41) is 10.6. The first kappa shape index (κ1) is 15.2. The predicted molar refractivity (Wildman–Crippen MR) is 83.0 cm³/mol. The molecule has 4 nitrogen and oxygen atoms in total. The largest absolute Gasteiger partial charge is 0.478 e. The monoisotopic (exact) mass is 294 g/mol. The smallest absolute Gasteiger partial charge is 0.328 e. The van der Waals surface area contributed by atoms with Crippen molar-refractivity contribution in [2.75, 3.05) is 32.7 Å². The molecule has 0 aromatic carbocycles. The Labute approximate surface area is 124 Å². The van der Waals surface area contributed by atoms with Crippen LogP contribution in [-0.2, 0) is 11.3 Å². The normalized spacial score (nSPS) is 17.9. The molecular weight excluding hydrogens is 272 g/mol. The van der Waals surface area contributed by atoms with E-state index in [1.807, 2.05) is 5.38 Å². The molecular formula is C15H22N2O2S. The molecule has 0 amide bonds. The van der Waals surface area contributed by atoms with Crippen molar-refractivity contribution in [3.63, 3.8) is 0 Å². The molecule has 2 heterocycles. The summed E-state index contributed by atoms with van der Waals surface area (Å²) < 4.78 is 0. The first-order valence-electron chi connectivity index (χ1n) is 7.10. The molecule has 0 radical (unpaired) electrons. The van der Waals surface area contributed by atoms with Gasteiger partial charge in [0.15, 0.2) is 0 Å². The van der Waals surface area contributed by atoms with Gasteiger partial charge in [-0.15, -0.1) is 11.3 Å². The fraction of sp³-hybridized carbons (Fsp3) is 0.533. The van der Waals surface area contributed by atoms with Gasteiger partial charge >= 0.3 is 5.97 Å². The molecule has 0 unspecified atom stereocenters. The quantitative estimate of drug-likeness (QED) is 0.818. The van der Waals surface area contributed by atoms with Gasteiger partial charge in [-0.3, -0.25) is 4.90 Å². The van der Waals surface area contributed by atoms with Gasteiger partial charge in [0, 0.05) is 43.7 Å². The lowest BCUT2D eigenvalue weighted by Crippen LogP contribution is -2.45. The Morgan fingerprint density at radius 2 is 2.05 bits per heavy atom. The van der Waals surface area contributed by atoms with Crippen LogP contribution in [0, 0.1) is 0 Å². The van der Waals surface area contributed by atoms with Gasteiger partial charge in [-0.25, -0.2) is 4.79 Å². The average Bonchev–Trinajstić information content (AvgIpc) is 2.87. The Hall–Kier alpha value is -1.17. The van der Waals surface area contributed by atoms with E-state index in [1.165, 1.54) is 23.9 Å². The molecule has 0 saturated carbocycles. The summed E-state index contributed by atoms with van der Waals surface area (Å²) in [6.45, 7) is 8.97. The summed E-state index contributed by atoms with van der Waals surface area (Å²) in [7, 11) is 0. The van der Waals surface area contributed by atoms with Crippen molar-refractivity contribution in [1.29, 1.82) is 0 Å². The molecule has 0 atom stereocenters. The molecule has 0 spiro atoms. The highest BCUT2D eigenvalue weighted by Crippen LogP contribution is 2.18. The van der Waals surface area contributed by atoms with Crippen LogP contribution in [0.15, 0.2) is 17.5 Å². The predicted octanol–water partition coefficient (Wildman–Crippen LogP) is 2.37. The fourth-order valence-electron chi connectivity index (χ4n) is 2.44. The second-order valence-corrected chi connectivity index (χ2v) is 6.13. The van der Waals surface area contributed by atoms with Crippen molar-refractivity contribution in [3.05, 3.63) is 28.0 Å². The maximum atomic E-state index is 10.5. The van der Waals surface area contributed by atoms with Crippen LogP contribution in [0.3, 0.4) is 0 Å². The SMILES string of the molecule is CCCN1CCN(Cc2cc(C=CC(=O)O)cs2)CC1. The van der Waals surface area contributed by atoms with Gasteiger partial charge in [0.25, 0.3) is 0 Å². The zero-order valence-electron chi connectivity index (χ0n) is 11.9. The van der Waals surface area contributed by atoms with Crippen LogP contribution in [0.5, 0.6) is 0 Å². The average molecular weight is 294 g/mol. The summed E-state index contributed by atoms with van der Waals surface area (Å²) in [6.07, 6.45) is 4.07. The highest BCUT2D eigenvalue weighted by molar-refractivity contribution is 7.10. The number of carboxylic acids is 1. The van der Waals surface area contributed by atoms with Crippen molar-refractivity contribution in [3.8, 4) is 0 Å². The third kappa shape index (κ3) is 4.74. The van der Waals surface area contributed by atoms with Gasteiger partial charge in [0.05, 0.1) is 0 Å². The number of aliphatic carboxylic acids is 1. The minimum absolute atomic E-state index is 0.898. The maximum absolute atomic E-state index is 10.5. The molecule has 1 aromatic heterocycles. The van der Waals surface area contributed by atoms with Crippen LogP contribution < -0.4 is 0 Å². The minimum Gasteiger partial charge on any atom is -0.478 e. The lowest BCUT2D eigenvalue weighted by Gasteiger charge is -2.34. The molecule has 110 valence electrons. The number of nitrogens with zero attached hydrogens (tertiary/aromatic N) is 2. The fourth-order valence-corrected chi connectivity index (χ4v) is 3.34. The highest BCUT2D eigenvalue weighted by Gasteiger charge is 2.16. The minimum atomic E-state index is -0.898. The standard InChI is InChI=1S/C15H22N2O2S/c1-2-5-16-6-8-17(9-7-16)11-14-10-13(12-20-14)3-4-15(18)19/h3-4,10,12H,2,5-9,11H2,1H3,(H,18,19). The summed E-state index contributed by atoms with van der Waals surface area (Å²) >= 11 is 1.71. The molecule has 1 aliphatic heterocycles. The summed E-state index contributed by atoms with van der Waals surface area (Å²) in [5.41, 5.74) is 0.983. The van der Waals surface area contributed by atoms with Gasteiger partial charge in [0.2, 0.25) is 0 Å². The number of rotatable bonds is 6. The van der Waals surface area contributed by atoms with E-state index >= 15 is 0 Å². The van der Waals surface area contributed by atoms with Crippen LogP contribution in [0.4, 0.5) is 0 Å². The number of hydrogen-bond acceptors (Lipinski definition) is 4. The molecule has 2 rings (SSSR count). The van der Waals surface area contributed by atoms with E-state index in [4.69, 9.17) is 5.11 Å². The van der Waals surface area contributed by atoms with Crippen molar-refractivity contribution in [1.82, 2.24) is 9.80 Å². The first-order chi connectivity index (χ1) is 9.67. The number of hydrogen-bond donors (Lipinski definition) is 1. The Morgan fingerprint density at radius 3 is 2.70 bits per heavy atom. The lowest BCUT2D eigenvalue weighted by atomic mass is 10.2. The number of thiophene rings is 1. The van der Waals surface area contributed by atoms with Crippen molar-refractivity contribution < 1.29 is 9.90 Å². The molecule has 1 fully saturated rings. The number of carboxylic acid groups (broad SMARTS) is 1. The van der Waals surface area contributed by atoms with Crippen molar-refractivity contribution in [2.24, 2.45) is 0 Å². The van der Waals surface area contributed by atoms with E-state index < -0.39 is 5.97 Å². The van der Waals surface area contributed by atoms with Crippen molar-refractivity contribution in [2.45, 2.75) is 19.9 Å². The zero-order chi connectivity index (χ0) is 14.4. The number of piperazine rings is 1. The van der Waals surface area contributed by atoms with Crippen LogP contribution in [-0.4, -0.2) is 53.6 Å². The first-order valence-corrected chi connectivity index (χ1v) is 7.98. The third-order valence-corrected chi connectivity index (χ3v) is 4.42.